The molecule has 1 aliphatic rings. The fourth-order valence-electron chi connectivity index (χ4n) is 4.58. The molecule has 0 amide bonds. The minimum Gasteiger partial charge on any atom is -0.291 e. The number of rotatable bonds is 3. The lowest BCUT2D eigenvalue weighted by Gasteiger charge is -2.23. The molecule has 0 fully saturated rings. The van der Waals surface area contributed by atoms with Gasteiger partial charge in [-0.15, -0.1) is 0 Å². The number of aromatic amines is 1. The number of hydrogen-bond donors (Lipinski definition) is 3. The summed E-state index contributed by atoms with van der Waals surface area (Å²) >= 11 is 0. The molecule has 3 aromatic heterocycles. The number of hydroxylamine groups is 1. The Labute approximate surface area is 181 Å². The topological polar surface area (TPSA) is 86.7 Å². The molecule has 0 bridgehead atoms. The van der Waals surface area contributed by atoms with Crippen molar-refractivity contribution >= 4 is 27.5 Å². The van der Waals surface area contributed by atoms with E-state index in [0.717, 1.165) is 42.1 Å². The third kappa shape index (κ3) is 3.12. The lowest BCUT2D eigenvalue weighted by Crippen LogP contribution is -2.12. The van der Waals surface area contributed by atoms with E-state index < -0.39 is 11.7 Å². The Bertz CT molecular complexity index is 1370. The molecule has 6 nitrogen and oxygen atoms in total. The SMILES string of the molecule is C=C(NO)c1ccc(-c2nc3c(C(F)(F)F)cc4n[nH]c(C)c4c3c3c2CCCC3)cn1. The number of nitrogens with one attached hydrogen (secondary N) is 2. The number of fused-ring (bicyclic) bond motifs is 5. The predicted molar refractivity (Wildman–Crippen MR) is 115 cm³/mol. The maximum atomic E-state index is 14.1. The standard InChI is InChI=1S/C23H20F3N5O/c1-11(31-32)17-8-7-13(10-27-17)21-15-6-4-3-5-14(15)20-19-12(2)29-30-18(19)9-16(22(20)28-21)23(24,25)26/h7-10,31-32H,1,3-6H2,2H3,(H,29,30). The number of aromatic nitrogens is 4. The summed E-state index contributed by atoms with van der Waals surface area (Å²) in [6.07, 6.45) is 0.235. The molecular formula is C23H20F3N5O. The molecule has 0 unspecified atom stereocenters. The van der Waals surface area contributed by atoms with E-state index in [1.165, 1.54) is 0 Å². The van der Waals surface area contributed by atoms with E-state index in [4.69, 9.17) is 5.21 Å². The van der Waals surface area contributed by atoms with Gasteiger partial charge < -0.3 is 0 Å². The number of aryl methyl sites for hydroxylation is 2. The summed E-state index contributed by atoms with van der Waals surface area (Å²) in [4.78, 5) is 8.88. The predicted octanol–water partition coefficient (Wildman–Crippen LogP) is 5.33. The van der Waals surface area contributed by atoms with Crippen LogP contribution in [-0.2, 0) is 19.0 Å². The summed E-state index contributed by atoms with van der Waals surface area (Å²) in [5, 5.41) is 17.2. The van der Waals surface area contributed by atoms with Gasteiger partial charge in [0.25, 0.3) is 0 Å². The Morgan fingerprint density at radius 2 is 1.91 bits per heavy atom. The number of H-pyrrole nitrogens is 1. The molecule has 164 valence electrons. The molecule has 1 aliphatic carbocycles. The average molecular weight is 439 g/mol. The minimum atomic E-state index is -4.57. The largest absolute Gasteiger partial charge is 0.418 e. The third-order valence-corrected chi connectivity index (χ3v) is 6.06. The molecule has 9 heteroatoms. The van der Waals surface area contributed by atoms with E-state index in [9.17, 15) is 13.2 Å². The monoisotopic (exact) mass is 439 g/mol. The Morgan fingerprint density at radius 3 is 2.56 bits per heavy atom. The number of nitrogens with zero attached hydrogens (tertiary/aromatic N) is 3. The quantitative estimate of drug-likeness (QED) is 0.376. The number of benzene rings is 1. The fraction of sp³-hybridized carbons (Fsp3) is 0.261. The van der Waals surface area contributed by atoms with Gasteiger partial charge in [0.15, 0.2) is 0 Å². The highest BCUT2D eigenvalue weighted by atomic mass is 19.4. The van der Waals surface area contributed by atoms with Gasteiger partial charge in [0.2, 0.25) is 0 Å². The summed E-state index contributed by atoms with van der Waals surface area (Å²) in [5.74, 6) is 0. The van der Waals surface area contributed by atoms with Crippen molar-refractivity contribution in [2.45, 2.75) is 38.8 Å². The Balaban J connectivity index is 1.87. The molecule has 1 aromatic carbocycles. The van der Waals surface area contributed by atoms with Crippen molar-refractivity contribution in [1.29, 1.82) is 0 Å². The van der Waals surface area contributed by atoms with Crippen LogP contribution in [0.2, 0.25) is 0 Å². The first-order chi connectivity index (χ1) is 15.3. The summed E-state index contributed by atoms with van der Waals surface area (Å²) in [5.41, 5.74) is 5.78. The van der Waals surface area contributed by atoms with Gasteiger partial charge in [0, 0.05) is 28.2 Å². The Kier molecular flexibility index (Phi) is 4.67. The normalized spacial score (nSPS) is 14.0. The first-order valence-corrected chi connectivity index (χ1v) is 10.3. The molecule has 0 spiro atoms. The van der Waals surface area contributed by atoms with Gasteiger partial charge in [0.05, 0.1) is 33.7 Å². The van der Waals surface area contributed by atoms with Crippen LogP contribution in [0.4, 0.5) is 13.2 Å². The molecule has 0 saturated carbocycles. The van der Waals surface area contributed by atoms with Crippen molar-refractivity contribution in [3.63, 3.8) is 0 Å². The molecule has 5 rings (SSSR count). The van der Waals surface area contributed by atoms with E-state index in [2.05, 4.69) is 26.7 Å². The van der Waals surface area contributed by atoms with E-state index in [0.29, 0.717) is 39.7 Å². The molecule has 0 atom stereocenters. The van der Waals surface area contributed by atoms with Gasteiger partial charge in [-0.05, 0) is 61.9 Å². The maximum Gasteiger partial charge on any atom is 0.418 e. The molecule has 0 saturated heterocycles. The minimum absolute atomic E-state index is 0.0596. The van der Waals surface area contributed by atoms with Crippen molar-refractivity contribution in [1.82, 2.24) is 25.6 Å². The Morgan fingerprint density at radius 1 is 1.16 bits per heavy atom. The van der Waals surface area contributed by atoms with Gasteiger partial charge in [-0.1, -0.05) is 6.58 Å². The van der Waals surface area contributed by atoms with Crippen LogP contribution in [0.25, 0.3) is 38.8 Å². The molecule has 32 heavy (non-hydrogen) atoms. The molecule has 4 aromatic rings. The van der Waals surface area contributed by atoms with E-state index in [-0.39, 0.29) is 11.2 Å². The smallest absolute Gasteiger partial charge is 0.291 e. The lowest BCUT2D eigenvalue weighted by molar-refractivity contribution is -0.136. The first-order valence-electron chi connectivity index (χ1n) is 10.3. The zero-order valence-electron chi connectivity index (χ0n) is 17.3. The summed E-state index contributed by atoms with van der Waals surface area (Å²) in [6, 6.07) is 4.46. The third-order valence-electron chi connectivity index (χ3n) is 6.06. The van der Waals surface area contributed by atoms with Gasteiger partial charge in [0.1, 0.15) is 0 Å². The van der Waals surface area contributed by atoms with E-state index in [1.54, 1.807) is 18.3 Å². The summed E-state index contributed by atoms with van der Waals surface area (Å²) in [7, 11) is 0. The van der Waals surface area contributed by atoms with Crippen LogP contribution in [0, 0.1) is 6.92 Å². The van der Waals surface area contributed by atoms with Crippen LogP contribution in [-0.4, -0.2) is 25.4 Å². The number of halogens is 3. The lowest BCUT2D eigenvalue weighted by atomic mass is 9.84. The molecule has 3 heterocycles. The van der Waals surface area contributed by atoms with Gasteiger partial charge in [-0.25, -0.2) is 4.98 Å². The van der Waals surface area contributed by atoms with Crippen molar-refractivity contribution < 1.29 is 18.4 Å². The summed E-state index contributed by atoms with van der Waals surface area (Å²) < 4.78 is 42.2. The average Bonchev–Trinajstić information content (AvgIpc) is 3.17. The summed E-state index contributed by atoms with van der Waals surface area (Å²) in [6.45, 7) is 5.47. The van der Waals surface area contributed by atoms with Crippen LogP contribution in [0.1, 0.15) is 40.9 Å². The molecular weight excluding hydrogens is 419 g/mol. The van der Waals surface area contributed by atoms with Crippen LogP contribution in [0.15, 0.2) is 31.0 Å². The fourth-order valence-corrected chi connectivity index (χ4v) is 4.58. The van der Waals surface area contributed by atoms with Crippen LogP contribution < -0.4 is 5.48 Å². The number of pyridine rings is 2. The van der Waals surface area contributed by atoms with E-state index >= 15 is 0 Å². The number of alkyl halides is 3. The van der Waals surface area contributed by atoms with Crippen LogP contribution in [0.5, 0.6) is 0 Å². The van der Waals surface area contributed by atoms with Crippen molar-refractivity contribution in [2.24, 2.45) is 0 Å². The highest BCUT2D eigenvalue weighted by molar-refractivity contribution is 6.10. The van der Waals surface area contributed by atoms with Gasteiger partial charge in [-0.3, -0.25) is 20.8 Å². The van der Waals surface area contributed by atoms with Crippen LogP contribution >= 0.6 is 0 Å². The molecule has 3 N–H and O–H groups in total. The van der Waals surface area contributed by atoms with Crippen molar-refractivity contribution in [3.8, 4) is 11.3 Å². The van der Waals surface area contributed by atoms with Gasteiger partial charge >= 0.3 is 6.18 Å². The highest BCUT2D eigenvalue weighted by Gasteiger charge is 2.36. The first kappa shape index (κ1) is 20.4. The van der Waals surface area contributed by atoms with Crippen molar-refractivity contribution in [2.75, 3.05) is 0 Å². The maximum absolute atomic E-state index is 14.1. The zero-order chi connectivity index (χ0) is 22.6. The number of hydrogen-bond acceptors (Lipinski definition) is 5. The van der Waals surface area contributed by atoms with Gasteiger partial charge in [-0.2, -0.15) is 18.3 Å². The van der Waals surface area contributed by atoms with Crippen LogP contribution in [0.3, 0.4) is 0 Å². The second-order valence-corrected chi connectivity index (χ2v) is 8.04. The van der Waals surface area contributed by atoms with E-state index in [1.807, 2.05) is 12.4 Å². The van der Waals surface area contributed by atoms with Crippen molar-refractivity contribution in [3.05, 3.63) is 59.1 Å². The zero-order valence-corrected chi connectivity index (χ0v) is 17.3. The second kappa shape index (κ2) is 7.30. The second-order valence-electron chi connectivity index (χ2n) is 8.04. The molecule has 0 radical (unpaired) electrons. The molecule has 0 aliphatic heterocycles. The Hall–Kier alpha value is -3.46. The highest BCUT2D eigenvalue weighted by Crippen LogP contribution is 2.43.